The normalized spacial score (nSPS) is 25.8. The van der Waals surface area contributed by atoms with Crippen LogP contribution < -0.4 is 5.56 Å². The molecular formula is C18H25N3O5. The number of aryl methyl sites for hydroxylation is 1. The molecule has 2 saturated heterocycles. The summed E-state index contributed by atoms with van der Waals surface area (Å²) in [6, 6.07) is 0. The number of carbonyl (C=O) groups is 2. The molecule has 1 aromatic rings. The van der Waals surface area contributed by atoms with Gasteiger partial charge in [-0.1, -0.05) is 20.8 Å². The Kier molecular flexibility index (Phi) is 4.42. The van der Waals surface area contributed by atoms with Crippen molar-refractivity contribution in [2.75, 3.05) is 26.3 Å². The lowest BCUT2D eigenvalue weighted by atomic mass is 9.74. The first-order valence-electron chi connectivity index (χ1n) is 8.78. The van der Waals surface area contributed by atoms with Crippen molar-refractivity contribution >= 4 is 11.9 Å². The van der Waals surface area contributed by atoms with Crippen molar-refractivity contribution in [3.05, 3.63) is 27.4 Å². The topological polar surface area (TPSA) is 113 Å². The van der Waals surface area contributed by atoms with Crippen LogP contribution in [0.4, 0.5) is 0 Å². The van der Waals surface area contributed by atoms with Crippen molar-refractivity contribution < 1.29 is 19.4 Å². The number of hydrogen-bond donors (Lipinski definition) is 2. The molecule has 8 nitrogen and oxygen atoms in total. The molecule has 0 saturated carbocycles. The number of fused-ring (bicyclic) bond motifs is 1. The molecule has 0 unspecified atom stereocenters. The van der Waals surface area contributed by atoms with Crippen LogP contribution in [0.2, 0.25) is 0 Å². The van der Waals surface area contributed by atoms with E-state index in [1.165, 1.54) is 4.90 Å². The molecule has 2 N–H and O–H groups in total. The molecule has 3 rings (SSSR count). The number of hydrogen-bond acceptors (Lipinski definition) is 5. The molecule has 2 aliphatic rings. The average Bonchev–Trinajstić information content (AvgIpc) is 2.94. The van der Waals surface area contributed by atoms with Gasteiger partial charge in [0.25, 0.3) is 11.5 Å². The second kappa shape index (κ2) is 6.19. The Bertz CT molecular complexity index is 810. The summed E-state index contributed by atoms with van der Waals surface area (Å²) in [5.74, 6) is -1.12. The first kappa shape index (κ1) is 18.6. The van der Waals surface area contributed by atoms with Crippen LogP contribution in [0.3, 0.4) is 0 Å². The summed E-state index contributed by atoms with van der Waals surface area (Å²) in [6.07, 6.45) is 0.368. The number of carbonyl (C=O) groups excluding carboxylic acids is 1. The van der Waals surface area contributed by atoms with Crippen LogP contribution in [0.1, 0.15) is 49.1 Å². The molecule has 0 spiro atoms. The van der Waals surface area contributed by atoms with Gasteiger partial charge in [-0.3, -0.25) is 14.4 Å². The first-order chi connectivity index (χ1) is 12.1. The van der Waals surface area contributed by atoms with Crippen LogP contribution in [-0.2, 0) is 14.9 Å². The van der Waals surface area contributed by atoms with Gasteiger partial charge >= 0.3 is 5.97 Å². The minimum absolute atomic E-state index is 0.0156. The molecule has 26 heavy (non-hydrogen) atoms. The zero-order chi connectivity index (χ0) is 19.3. The summed E-state index contributed by atoms with van der Waals surface area (Å²) in [6.45, 7) is 8.45. The van der Waals surface area contributed by atoms with Crippen molar-refractivity contribution in [2.24, 2.45) is 11.3 Å². The van der Waals surface area contributed by atoms with Gasteiger partial charge in [-0.25, -0.2) is 4.98 Å². The fourth-order valence-corrected chi connectivity index (χ4v) is 3.81. The van der Waals surface area contributed by atoms with Crippen LogP contribution >= 0.6 is 0 Å². The average molecular weight is 363 g/mol. The van der Waals surface area contributed by atoms with Gasteiger partial charge in [-0.05, 0) is 13.3 Å². The Labute approximate surface area is 151 Å². The number of aromatic amines is 1. The number of carboxylic acid groups (broad SMARTS) is 1. The zero-order valence-corrected chi connectivity index (χ0v) is 15.6. The maximum absolute atomic E-state index is 13.0. The van der Waals surface area contributed by atoms with Gasteiger partial charge in [0.1, 0.15) is 11.4 Å². The van der Waals surface area contributed by atoms with Crippen LogP contribution in [0.5, 0.6) is 0 Å². The second-order valence-corrected chi connectivity index (χ2v) is 8.29. The van der Waals surface area contributed by atoms with Crippen LogP contribution in [-0.4, -0.2) is 58.2 Å². The van der Waals surface area contributed by atoms with Crippen LogP contribution in [0.15, 0.2) is 4.79 Å². The molecule has 1 amide bonds. The number of carboxylic acids is 1. The molecule has 8 heteroatoms. The van der Waals surface area contributed by atoms with Gasteiger partial charge in [0.15, 0.2) is 0 Å². The van der Waals surface area contributed by atoms with E-state index in [1.807, 2.05) is 20.8 Å². The number of aliphatic carboxylic acids is 1. The molecule has 0 aromatic carbocycles. The number of ether oxygens (including phenoxy) is 1. The van der Waals surface area contributed by atoms with Crippen molar-refractivity contribution in [2.45, 2.75) is 39.5 Å². The van der Waals surface area contributed by atoms with Gasteiger partial charge < -0.3 is 19.7 Å². The third-order valence-corrected chi connectivity index (χ3v) is 5.44. The van der Waals surface area contributed by atoms with E-state index < -0.39 is 22.9 Å². The molecule has 2 fully saturated rings. The summed E-state index contributed by atoms with van der Waals surface area (Å²) in [5.41, 5.74) is -1.48. The van der Waals surface area contributed by atoms with E-state index in [2.05, 4.69) is 9.97 Å². The van der Waals surface area contributed by atoms with Crippen molar-refractivity contribution in [3.8, 4) is 0 Å². The quantitative estimate of drug-likeness (QED) is 0.809. The number of nitrogens with zero attached hydrogens (tertiary/aromatic N) is 2. The van der Waals surface area contributed by atoms with E-state index in [9.17, 15) is 19.5 Å². The standard InChI is InChI=1S/C18H25N3O5/c1-10-12(13(22)20-15(19-10)17(2,3)4)14(23)21-7-11-8-26-6-5-18(11,9-21)16(24)25/h11H,5-9H2,1-4H3,(H,24,25)(H,19,20,22)/t11-,18+/m0/s1. The van der Waals surface area contributed by atoms with E-state index in [0.717, 1.165) is 0 Å². The van der Waals surface area contributed by atoms with Gasteiger partial charge in [-0.15, -0.1) is 0 Å². The molecule has 0 bridgehead atoms. The fraction of sp³-hybridized carbons (Fsp3) is 0.667. The van der Waals surface area contributed by atoms with Crippen LogP contribution in [0.25, 0.3) is 0 Å². The van der Waals surface area contributed by atoms with E-state index in [1.54, 1.807) is 6.92 Å². The Morgan fingerprint density at radius 2 is 2.08 bits per heavy atom. The fourth-order valence-electron chi connectivity index (χ4n) is 3.81. The largest absolute Gasteiger partial charge is 0.481 e. The maximum Gasteiger partial charge on any atom is 0.311 e. The lowest BCUT2D eigenvalue weighted by molar-refractivity contribution is -0.157. The molecular weight excluding hydrogens is 338 g/mol. The van der Waals surface area contributed by atoms with Gasteiger partial charge in [0.2, 0.25) is 0 Å². The Morgan fingerprint density at radius 1 is 1.38 bits per heavy atom. The van der Waals surface area contributed by atoms with Gasteiger partial charge in [-0.2, -0.15) is 0 Å². The monoisotopic (exact) mass is 363 g/mol. The number of rotatable bonds is 2. The predicted octanol–water partition coefficient (Wildman–Crippen LogP) is 0.939. The smallest absolute Gasteiger partial charge is 0.311 e. The maximum atomic E-state index is 13.0. The Morgan fingerprint density at radius 3 is 2.62 bits per heavy atom. The highest BCUT2D eigenvalue weighted by Gasteiger charge is 2.55. The zero-order valence-electron chi connectivity index (χ0n) is 15.6. The molecule has 1 aromatic heterocycles. The molecule has 0 aliphatic carbocycles. The van der Waals surface area contributed by atoms with E-state index in [-0.39, 0.29) is 30.0 Å². The summed E-state index contributed by atoms with van der Waals surface area (Å²) >= 11 is 0. The molecule has 0 radical (unpaired) electrons. The summed E-state index contributed by atoms with van der Waals surface area (Å²) in [4.78, 5) is 46.0. The first-order valence-corrected chi connectivity index (χ1v) is 8.78. The molecule has 2 atom stereocenters. The van der Waals surface area contributed by atoms with Gasteiger partial charge in [0, 0.05) is 31.0 Å². The Hall–Kier alpha value is -2.22. The summed E-state index contributed by atoms with van der Waals surface area (Å²) in [7, 11) is 0. The minimum atomic E-state index is -0.993. The second-order valence-electron chi connectivity index (χ2n) is 8.29. The highest BCUT2D eigenvalue weighted by molar-refractivity contribution is 5.95. The van der Waals surface area contributed by atoms with Crippen LogP contribution in [0, 0.1) is 18.3 Å². The summed E-state index contributed by atoms with van der Waals surface area (Å²) < 4.78 is 5.41. The number of amides is 1. The third-order valence-electron chi connectivity index (χ3n) is 5.44. The van der Waals surface area contributed by atoms with Gasteiger partial charge in [0.05, 0.1) is 17.7 Å². The number of aromatic nitrogens is 2. The van der Waals surface area contributed by atoms with E-state index >= 15 is 0 Å². The number of H-pyrrole nitrogens is 1. The number of likely N-dealkylation sites (tertiary alicyclic amines) is 1. The number of nitrogens with one attached hydrogen (secondary N) is 1. The molecule has 2 aliphatic heterocycles. The SMILES string of the molecule is Cc1nc(C(C)(C)C)[nH]c(=O)c1C(=O)N1C[C@H]2COCC[C@@]2(C(=O)O)C1. The highest BCUT2D eigenvalue weighted by Crippen LogP contribution is 2.42. The van der Waals surface area contributed by atoms with Crippen molar-refractivity contribution in [3.63, 3.8) is 0 Å². The van der Waals surface area contributed by atoms with E-state index in [4.69, 9.17) is 4.74 Å². The van der Waals surface area contributed by atoms with E-state index in [0.29, 0.717) is 31.2 Å². The summed E-state index contributed by atoms with van der Waals surface area (Å²) in [5, 5.41) is 9.73. The predicted molar refractivity (Wildman–Crippen MR) is 93.2 cm³/mol. The van der Waals surface area contributed by atoms with Crippen molar-refractivity contribution in [1.29, 1.82) is 0 Å². The highest BCUT2D eigenvalue weighted by atomic mass is 16.5. The molecule has 142 valence electrons. The molecule has 3 heterocycles. The third kappa shape index (κ3) is 2.92. The lowest BCUT2D eigenvalue weighted by Gasteiger charge is -2.33. The lowest BCUT2D eigenvalue weighted by Crippen LogP contribution is -2.45. The van der Waals surface area contributed by atoms with Crippen molar-refractivity contribution in [1.82, 2.24) is 14.9 Å². The minimum Gasteiger partial charge on any atom is -0.481 e. The Balaban J connectivity index is 1.94.